The first kappa shape index (κ1) is 19.8. The average Bonchev–Trinajstić information content (AvgIpc) is 2.69. The molecule has 1 saturated heterocycles. The van der Waals surface area contributed by atoms with Gasteiger partial charge in [0, 0.05) is 24.7 Å². The fraction of sp³-hybridized carbons (Fsp3) is 0.579. The van der Waals surface area contributed by atoms with E-state index >= 15 is 0 Å². The lowest BCUT2D eigenvalue weighted by molar-refractivity contribution is 0.0517. The van der Waals surface area contributed by atoms with E-state index in [-0.39, 0.29) is 24.1 Å². The van der Waals surface area contributed by atoms with Crippen molar-refractivity contribution in [2.75, 3.05) is 26.3 Å². The van der Waals surface area contributed by atoms with Crippen molar-refractivity contribution in [2.24, 2.45) is 0 Å². The van der Waals surface area contributed by atoms with Gasteiger partial charge in [0.1, 0.15) is 0 Å². The Morgan fingerprint density at radius 3 is 2.52 bits per heavy atom. The highest BCUT2D eigenvalue weighted by Crippen LogP contribution is 2.19. The third-order valence-electron chi connectivity index (χ3n) is 5.03. The minimum absolute atomic E-state index is 0.0500. The molecule has 2 fully saturated rings. The summed E-state index contributed by atoms with van der Waals surface area (Å²) in [4.78, 5) is 26.5. The van der Waals surface area contributed by atoms with Crippen LogP contribution in [-0.2, 0) is 11.3 Å². The summed E-state index contributed by atoms with van der Waals surface area (Å²) >= 11 is 5.97. The van der Waals surface area contributed by atoms with Crippen LogP contribution in [0.5, 0.6) is 0 Å². The number of nitrogens with one attached hydrogen (secondary N) is 3. The highest BCUT2D eigenvalue weighted by atomic mass is 35.5. The maximum atomic E-state index is 12.5. The Morgan fingerprint density at radius 1 is 1.11 bits per heavy atom. The standard InChI is InChI=1S/C19H27ClN4O3/c20-15-5-3-4-14(12-15)13-21-18(25)22-16-6-1-2-7-17(16)23-19(26)24-8-10-27-11-9-24/h3-5,12,16-17H,1-2,6-11,13H2,(H,23,26)(H2,21,22,25). The van der Waals surface area contributed by atoms with Crippen LogP contribution in [0.15, 0.2) is 24.3 Å². The van der Waals surface area contributed by atoms with Gasteiger partial charge in [0.15, 0.2) is 0 Å². The molecule has 1 heterocycles. The molecule has 8 heteroatoms. The molecule has 1 aliphatic heterocycles. The van der Waals surface area contributed by atoms with E-state index in [1.807, 2.05) is 18.2 Å². The van der Waals surface area contributed by atoms with E-state index in [1.165, 1.54) is 0 Å². The lowest BCUT2D eigenvalue weighted by atomic mass is 9.90. The van der Waals surface area contributed by atoms with Gasteiger partial charge in [-0.1, -0.05) is 36.6 Å². The summed E-state index contributed by atoms with van der Waals surface area (Å²) in [6, 6.07) is 6.98. The number of urea groups is 2. The second-order valence-corrected chi connectivity index (χ2v) is 7.44. The predicted octanol–water partition coefficient (Wildman–Crippen LogP) is 2.49. The molecule has 7 nitrogen and oxygen atoms in total. The first-order valence-electron chi connectivity index (χ1n) is 9.54. The van der Waals surface area contributed by atoms with Crippen molar-refractivity contribution in [3.8, 4) is 0 Å². The molecule has 2 aliphatic rings. The molecular weight excluding hydrogens is 368 g/mol. The van der Waals surface area contributed by atoms with Gasteiger partial charge < -0.3 is 25.6 Å². The van der Waals surface area contributed by atoms with Crippen molar-refractivity contribution in [2.45, 2.75) is 44.3 Å². The molecule has 27 heavy (non-hydrogen) atoms. The summed E-state index contributed by atoms with van der Waals surface area (Å²) < 4.78 is 5.29. The summed E-state index contributed by atoms with van der Waals surface area (Å²) in [5.41, 5.74) is 0.943. The van der Waals surface area contributed by atoms with E-state index < -0.39 is 0 Å². The first-order chi connectivity index (χ1) is 13.1. The lowest BCUT2D eigenvalue weighted by Gasteiger charge is -2.35. The summed E-state index contributed by atoms with van der Waals surface area (Å²) in [5.74, 6) is 0. The number of carbonyl (C=O) groups excluding carboxylic acids is 2. The highest BCUT2D eigenvalue weighted by Gasteiger charge is 2.29. The minimum Gasteiger partial charge on any atom is -0.378 e. The van der Waals surface area contributed by atoms with Crippen molar-refractivity contribution in [3.05, 3.63) is 34.9 Å². The van der Waals surface area contributed by atoms with Gasteiger partial charge in [-0.25, -0.2) is 9.59 Å². The van der Waals surface area contributed by atoms with Crippen molar-refractivity contribution < 1.29 is 14.3 Å². The Balaban J connectivity index is 1.48. The number of halogens is 1. The van der Waals surface area contributed by atoms with E-state index in [2.05, 4.69) is 16.0 Å². The molecule has 1 aromatic carbocycles. The largest absolute Gasteiger partial charge is 0.378 e. The smallest absolute Gasteiger partial charge is 0.317 e. The van der Waals surface area contributed by atoms with Crippen LogP contribution in [0, 0.1) is 0 Å². The van der Waals surface area contributed by atoms with Crippen molar-refractivity contribution in [1.29, 1.82) is 0 Å². The minimum atomic E-state index is -0.229. The summed E-state index contributed by atoms with van der Waals surface area (Å²) in [7, 11) is 0. The number of nitrogens with zero attached hydrogens (tertiary/aromatic N) is 1. The molecule has 4 amide bonds. The SMILES string of the molecule is O=C(NCc1cccc(Cl)c1)NC1CCCCC1NC(=O)N1CCOCC1. The van der Waals surface area contributed by atoms with Crippen molar-refractivity contribution in [1.82, 2.24) is 20.9 Å². The Morgan fingerprint density at radius 2 is 1.81 bits per heavy atom. The van der Waals surface area contributed by atoms with E-state index in [0.29, 0.717) is 37.9 Å². The van der Waals surface area contributed by atoms with Gasteiger partial charge in [-0.3, -0.25) is 0 Å². The molecule has 0 aromatic heterocycles. The molecule has 1 aromatic rings. The second kappa shape index (κ2) is 9.80. The van der Waals surface area contributed by atoms with Crippen molar-refractivity contribution >= 4 is 23.7 Å². The maximum Gasteiger partial charge on any atom is 0.317 e. The van der Waals surface area contributed by atoms with E-state index in [4.69, 9.17) is 16.3 Å². The number of rotatable bonds is 4. The summed E-state index contributed by atoms with van der Waals surface area (Å²) in [5, 5.41) is 9.63. The number of ether oxygens (including phenoxy) is 1. The van der Waals surface area contributed by atoms with Crippen LogP contribution >= 0.6 is 11.6 Å². The zero-order valence-corrected chi connectivity index (χ0v) is 16.1. The number of amides is 4. The van der Waals surface area contributed by atoms with Gasteiger partial charge in [-0.05, 0) is 30.5 Å². The lowest BCUT2D eigenvalue weighted by Crippen LogP contribution is -2.58. The van der Waals surface area contributed by atoms with Crippen LogP contribution in [0.25, 0.3) is 0 Å². The third kappa shape index (κ3) is 6.01. The summed E-state index contributed by atoms with van der Waals surface area (Å²) in [6.45, 7) is 2.77. The Bertz CT molecular complexity index is 652. The normalized spacial score (nSPS) is 22.8. The molecule has 1 saturated carbocycles. The van der Waals surface area contributed by atoms with Crippen molar-refractivity contribution in [3.63, 3.8) is 0 Å². The Hall–Kier alpha value is -1.99. The molecule has 2 atom stereocenters. The molecule has 0 radical (unpaired) electrons. The van der Waals surface area contributed by atoms with Gasteiger partial charge in [-0.2, -0.15) is 0 Å². The molecule has 3 N–H and O–H groups in total. The van der Waals surface area contributed by atoms with E-state index in [1.54, 1.807) is 11.0 Å². The van der Waals surface area contributed by atoms with Gasteiger partial charge >= 0.3 is 12.1 Å². The zero-order chi connectivity index (χ0) is 19.1. The van der Waals surface area contributed by atoms with Gasteiger partial charge in [0.25, 0.3) is 0 Å². The van der Waals surface area contributed by atoms with Crippen LogP contribution in [0.2, 0.25) is 5.02 Å². The van der Waals surface area contributed by atoms with E-state index in [0.717, 1.165) is 31.2 Å². The van der Waals surface area contributed by atoms with Crippen LogP contribution in [0.4, 0.5) is 9.59 Å². The molecule has 0 bridgehead atoms. The monoisotopic (exact) mass is 394 g/mol. The van der Waals surface area contributed by atoms with Crippen LogP contribution in [0.1, 0.15) is 31.2 Å². The van der Waals surface area contributed by atoms with Crippen LogP contribution < -0.4 is 16.0 Å². The molecule has 2 unspecified atom stereocenters. The molecular formula is C19H27ClN4O3. The number of benzene rings is 1. The van der Waals surface area contributed by atoms with E-state index in [9.17, 15) is 9.59 Å². The van der Waals surface area contributed by atoms with Crippen LogP contribution in [-0.4, -0.2) is 55.3 Å². The molecule has 0 spiro atoms. The third-order valence-corrected chi connectivity index (χ3v) is 5.27. The predicted molar refractivity (Wildman–Crippen MR) is 104 cm³/mol. The number of morpholine rings is 1. The Labute approximate surface area is 164 Å². The molecule has 148 valence electrons. The number of carbonyl (C=O) groups is 2. The fourth-order valence-corrected chi connectivity index (χ4v) is 3.75. The first-order valence-corrected chi connectivity index (χ1v) is 9.91. The quantitative estimate of drug-likeness (QED) is 0.733. The van der Waals surface area contributed by atoms with Gasteiger partial charge in [0.05, 0.1) is 25.3 Å². The zero-order valence-electron chi connectivity index (χ0n) is 15.4. The topological polar surface area (TPSA) is 82.7 Å². The van der Waals surface area contributed by atoms with Gasteiger partial charge in [-0.15, -0.1) is 0 Å². The highest BCUT2D eigenvalue weighted by molar-refractivity contribution is 6.30. The second-order valence-electron chi connectivity index (χ2n) is 7.00. The number of hydrogen-bond donors (Lipinski definition) is 3. The fourth-order valence-electron chi connectivity index (χ4n) is 3.54. The maximum absolute atomic E-state index is 12.5. The van der Waals surface area contributed by atoms with Gasteiger partial charge in [0.2, 0.25) is 0 Å². The average molecular weight is 395 g/mol. The summed E-state index contributed by atoms with van der Waals surface area (Å²) in [6.07, 6.45) is 3.83. The Kier molecular flexibility index (Phi) is 7.18. The number of hydrogen-bond acceptors (Lipinski definition) is 3. The molecule has 3 rings (SSSR count). The molecule has 1 aliphatic carbocycles. The van der Waals surface area contributed by atoms with Crippen LogP contribution in [0.3, 0.4) is 0 Å².